The number of amides is 2. The van der Waals surface area contributed by atoms with Crippen molar-refractivity contribution in [2.75, 3.05) is 19.0 Å². The van der Waals surface area contributed by atoms with Crippen molar-refractivity contribution in [2.45, 2.75) is 26.9 Å². The van der Waals surface area contributed by atoms with Crippen LogP contribution in [0.4, 0.5) is 5.69 Å². The second-order valence-corrected chi connectivity index (χ2v) is 6.50. The molecule has 1 atom stereocenters. The summed E-state index contributed by atoms with van der Waals surface area (Å²) in [7, 11) is 1.58. The lowest BCUT2D eigenvalue weighted by Crippen LogP contribution is -2.38. The number of hydrogen-bond donors (Lipinski definition) is 2. The molecule has 24 heavy (non-hydrogen) atoms. The zero-order chi connectivity index (χ0) is 17.7. The fourth-order valence-corrected chi connectivity index (χ4v) is 3.31. The van der Waals surface area contributed by atoms with Crippen molar-refractivity contribution in [3.8, 4) is 0 Å². The summed E-state index contributed by atoms with van der Waals surface area (Å²) in [5.74, 6) is -1.35. The van der Waals surface area contributed by atoms with Crippen molar-refractivity contribution in [2.24, 2.45) is 0 Å². The number of aryl methyl sites for hydroxylation is 3. The van der Waals surface area contributed by atoms with Gasteiger partial charge in [-0.15, -0.1) is 0 Å². The highest BCUT2D eigenvalue weighted by Gasteiger charge is 2.18. The van der Waals surface area contributed by atoms with Gasteiger partial charge in [0, 0.05) is 19.3 Å². The molecule has 2 N–H and O–H groups in total. The Kier molecular flexibility index (Phi) is 6.11. The molecule has 2 amide bonds. The van der Waals surface area contributed by atoms with E-state index in [-0.39, 0.29) is 12.6 Å². The van der Waals surface area contributed by atoms with Gasteiger partial charge in [0.25, 0.3) is 0 Å². The third-order valence-electron chi connectivity index (χ3n) is 3.77. The van der Waals surface area contributed by atoms with E-state index in [1.807, 2.05) is 49.7 Å². The lowest BCUT2D eigenvalue weighted by molar-refractivity contribution is -0.136. The Balaban J connectivity index is 1.97. The zero-order valence-electron chi connectivity index (χ0n) is 14.3. The second kappa shape index (κ2) is 8.08. The van der Waals surface area contributed by atoms with Gasteiger partial charge in [-0.3, -0.25) is 9.59 Å². The van der Waals surface area contributed by atoms with E-state index in [2.05, 4.69) is 10.6 Å². The number of carbonyl (C=O) groups excluding carboxylic acids is 2. The Morgan fingerprint density at radius 2 is 1.83 bits per heavy atom. The van der Waals surface area contributed by atoms with Gasteiger partial charge >= 0.3 is 11.8 Å². The standard InChI is InChI=1S/C18H22N2O3S/c1-11-7-12(2)16(13(3)8-11)20-18(22)17(21)19-9-15(23-4)14-5-6-24-10-14/h5-8,10,15H,9H2,1-4H3,(H,19,21)(H,20,22). The van der Waals surface area contributed by atoms with Crippen molar-refractivity contribution >= 4 is 28.8 Å². The summed E-state index contributed by atoms with van der Waals surface area (Å²) in [4.78, 5) is 24.2. The van der Waals surface area contributed by atoms with Crippen molar-refractivity contribution in [3.63, 3.8) is 0 Å². The van der Waals surface area contributed by atoms with Gasteiger partial charge in [-0.1, -0.05) is 17.7 Å². The summed E-state index contributed by atoms with van der Waals surface area (Å²) in [6, 6.07) is 5.88. The number of benzene rings is 1. The molecule has 2 aromatic rings. The number of thiophene rings is 1. The normalized spacial score (nSPS) is 11.8. The Bertz CT molecular complexity index is 703. The number of ether oxygens (including phenoxy) is 1. The van der Waals surface area contributed by atoms with E-state index in [9.17, 15) is 9.59 Å². The van der Waals surface area contributed by atoms with Crippen LogP contribution in [0.3, 0.4) is 0 Å². The molecule has 2 rings (SSSR count). The molecule has 0 fully saturated rings. The van der Waals surface area contributed by atoms with Crippen LogP contribution in [0.5, 0.6) is 0 Å². The van der Waals surface area contributed by atoms with Gasteiger partial charge in [0.05, 0.1) is 0 Å². The molecule has 1 heterocycles. The minimum Gasteiger partial charge on any atom is -0.375 e. The molecule has 1 aromatic carbocycles. The van der Waals surface area contributed by atoms with E-state index in [0.29, 0.717) is 5.69 Å². The van der Waals surface area contributed by atoms with Gasteiger partial charge in [-0.2, -0.15) is 11.3 Å². The first-order valence-electron chi connectivity index (χ1n) is 7.64. The largest absolute Gasteiger partial charge is 0.375 e. The minimum absolute atomic E-state index is 0.241. The maximum Gasteiger partial charge on any atom is 0.313 e. The maximum atomic E-state index is 12.1. The lowest BCUT2D eigenvalue weighted by atomic mass is 10.1. The summed E-state index contributed by atoms with van der Waals surface area (Å²) < 4.78 is 5.35. The van der Waals surface area contributed by atoms with Gasteiger partial charge in [-0.25, -0.2) is 0 Å². The van der Waals surface area contributed by atoms with E-state index >= 15 is 0 Å². The molecule has 1 unspecified atom stereocenters. The number of nitrogens with one attached hydrogen (secondary N) is 2. The fraction of sp³-hybridized carbons (Fsp3) is 0.333. The molecule has 5 nitrogen and oxygen atoms in total. The van der Waals surface area contributed by atoms with E-state index in [1.54, 1.807) is 18.4 Å². The Morgan fingerprint density at radius 3 is 2.38 bits per heavy atom. The van der Waals surface area contributed by atoms with Crippen LogP contribution in [0.25, 0.3) is 0 Å². The summed E-state index contributed by atoms with van der Waals surface area (Å²) in [5.41, 5.74) is 4.64. The van der Waals surface area contributed by atoms with Crippen LogP contribution in [0.1, 0.15) is 28.4 Å². The summed E-state index contributed by atoms with van der Waals surface area (Å²) in [6.07, 6.45) is -0.268. The quantitative estimate of drug-likeness (QED) is 0.818. The zero-order valence-corrected chi connectivity index (χ0v) is 15.1. The van der Waals surface area contributed by atoms with Gasteiger partial charge in [-0.05, 0) is 54.3 Å². The van der Waals surface area contributed by atoms with Crippen molar-refractivity contribution in [1.29, 1.82) is 0 Å². The summed E-state index contributed by atoms with van der Waals surface area (Å²) in [5, 5.41) is 9.21. The van der Waals surface area contributed by atoms with Crippen LogP contribution >= 0.6 is 11.3 Å². The van der Waals surface area contributed by atoms with Gasteiger partial charge in [0.2, 0.25) is 0 Å². The first-order chi connectivity index (χ1) is 11.4. The molecule has 1 aromatic heterocycles. The smallest absolute Gasteiger partial charge is 0.313 e. The third kappa shape index (κ3) is 4.43. The highest BCUT2D eigenvalue weighted by molar-refractivity contribution is 7.07. The SMILES string of the molecule is COC(CNC(=O)C(=O)Nc1c(C)cc(C)cc1C)c1ccsc1. The second-order valence-electron chi connectivity index (χ2n) is 5.72. The molecule has 0 aliphatic heterocycles. The molecule has 0 spiro atoms. The Morgan fingerprint density at radius 1 is 1.17 bits per heavy atom. The number of methoxy groups -OCH3 is 1. The molecule has 0 radical (unpaired) electrons. The van der Waals surface area contributed by atoms with Gasteiger partial charge < -0.3 is 15.4 Å². The Hall–Kier alpha value is -2.18. The van der Waals surface area contributed by atoms with Crippen LogP contribution in [-0.2, 0) is 14.3 Å². The first-order valence-corrected chi connectivity index (χ1v) is 8.58. The average molecular weight is 346 g/mol. The van der Waals surface area contributed by atoms with E-state index < -0.39 is 11.8 Å². The van der Waals surface area contributed by atoms with Crippen molar-refractivity contribution in [1.82, 2.24) is 5.32 Å². The maximum absolute atomic E-state index is 12.1. The predicted octanol–water partition coefficient (Wildman–Crippen LogP) is 3.12. The number of anilines is 1. The van der Waals surface area contributed by atoms with Gasteiger partial charge in [0.15, 0.2) is 0 Å². The van der Waals surface area contributed by atoms with Crippen LogP contribution in [0, 0.1) is 20.8 Å². The van der Waals surface area contributed by atoms with Gasteiger partial charge in [0.1, 0.15) is 6.10 Å². The molecule has 128 valence electrons. The molecule has 0 aliphatic carbocycles. The van der Waals surface area contributed by atoms with Crippen molar-refractivity contribution < 1.29 is 14.3 Å². The monoisotopic (exact) mass is 346 g/mol. The number of carbonyl (C=O) groups is 2. The minimum atomic E-state index is -0.676. The van der Waals surface area contributed by atoms with E-state index in [0.717, 1.165) is 22.3 Å². The summed E-state index contributed by atoms with van der Waals surface area (Å²) >= 11 is 1.56. The molecule has 0 saturated carbocycles. The fourth-order valence-electron chi connectivity index (χ4n) is 2.61. The van der Waals surface area contributed by atoms with E-state index in [4.69, 9.17) is 4.74 Å². The molecule has 6 heteroatoms. The van der Waals surface area contributed by atoms with E-state index in [1.165, 1.54) is 0 Å². The molecular weight excluding hydrogens is 324 g/mol. The Labute approximate surface area is 146 Å². The number of rotatable bonds is 5. The third-order valence-corrected chi connectivity index (χ3v) is 4.47. The number of hydrogen-bond acceptors (Lipinski definition) is 4. The molecular formula is C18H22N2O3S. The summed E-state index contributed by atoms with van der Waals surface area (Å²) in [6.45, 7) is 6.05. The average Bonchev–Trinajstić information content (AvgIpc) is 3.05. The molecule has 0 bridgehead atoms. The van der Waals surface area contributed by atoms with Crippen LogP contribution < -0.4 is 10.6 Å². The van der Waals surface area contributed by atoms with Crippen LogP contribution in [0.2, 0.25) is 0 Å². The lowest BCUT2D eigenvalue weighted by Gasteiger charge is -2.16. The molecule has 0 saturated heterocycles. The first kappa shape index (κ1) is 18.2. The highest BCUT2D eigenvalue weighted by Crippen LogP contribution is 2.22. The highest BCUT2D eigenvalue weighted by atomic mass is 32.1. The van der Waals surface area contributed by atoms with Crippen molar-refractivity contribution in [3.05, 3.63) is 51.2 Å². The van der Waals surface area contributed by atoms with Crippen LogP contribution in [-0.4, -0.2) is 25.5 Å². The topological polar surface area (TPSA) is 67.4 Å². The van der Waals surface area contributed by atoms with Crippen LogP contribution in [0.15, 0.2) is 29.0 Å². The predicted molar refractivity (Wildman–Crippen MR) is 96.4 cm³/mol. The molecule has 0 aliphatic rings.